The minimum Gasteiger partial charge on any atom is -0.374 e. The first-order chi connectivity index (χ1) is 10.1. The van der Waals surface area contributed by atoms with Gasteiger partial charge in [-0.05, 0) is 31.4 Å². The van der Waals surface area contributed by atoms with Crippen molar-refractivity contribution in [2.24, 2.45) is 0 Å². The van der Waals surface area contributed by atoms with Crippen molar-refractivity contribution in [2.75, 3.05) is 18.1 Å². The maximum Gasteiger partial charge on any atom is 0.332 e. The Bertz CT molecular complexity index is 567. The lowest BCUT2D eigenvalue weighted by molar-refractivity contribution is -0.385. The molecule has 3 rings (SSSR count). The predicted molar refractivity (Wildman–Crippen MR) is 77.8 cm³/mol. The van der Waals surface area contributed by atoms with Gasteiger partial charge in [-0.2, -0.15) is 4.98 Å². The number of anilines is 1. The molecule has 1 saturated heterocycles. The highest BCUT2D eigenvalue weighted by molar-refractivity contribution is 6.28. The number of halogens is 1. The fourth-order valence-corrected chi connectivity index (χ4v) is 3.50. The molecule has 0 aromatic carbocycles. The average molecular weight is 313 g/mol. The number of nitro groups is 1. The Morgan fingerprint density at radius 1 is 1.38 bits per heavy atom. The van der Waals surface area contributed by atoms with Crippen molar-refractivity contribution in [3.05, 3.63) is 21.1 Å². The smallest absolute Gasteiger partial charge is 0.332 e. The van der Waals surface area contributed by atoms with Crippen molar-refractivity contribution in [3.63, 3.8) is 0 Å². The molecule has 0 N–H and O–H groups in total. The van der Waals surface area contributed by atoms with Crippen LogP contribution in [0.25, 0.3) is 0 Å². The first-order valence-corrected chi connectivity index (χ1v) is 7.52. The van der Waals surface area contributed by atoms with Gasteiger partial charge in [0.05, 0.1) is 23.7 Å². The van der Waals surface area contributed by atoms with Gasteiger partial charge >= 0.3 is 5.69 Å². The van der Waals surface area contributed by atoms with Gasteiger partial charge < -0.3 is 9.64 Å². The molecule has 1 saturated carbocycles. The molecule has 1 aromatic heterocycles. The normalized spacial score (nSPS) is 25.5. The molecular formula is C13H17ClN4O3. The molecule has 2 unspecified atom stereocenters. The van der Waals surface area contributed by atoms with Crippen LogP contribution in [-0.2, 0) is 4.74 Å². The molecule has 1 aromatic rings. The highest BCUT2D eigenvalue weighted by atomic mass is 35.5. The van der Waals surface area contributed by atoms with E-state index in [0.29, 0.717) is 24.7 Å². The molecule has 0 bridgehead atoms. The number of rotatable bonds is 2. The van der Waals surface area contributed by atoms with Gasteiger partial charge in [-0.1, -0.05) is 12.8 Å². The molecule has 0 spiro atoms. The second-order valence-corrected chi connectivity index (χ2v) is 5.80. The molecule has 2 heterocycles. The highest BCUT2D eigenvalue weighted by Gasteiger charge is 2.38. The van der Waals surface area contributed by atoms with E-state index in [9.17, 15) is 10.1 Å². The van der Waals surface area contributed by atoms with E-state index >= 15 is 0 Å². The lowest BCUT2D eigenvalue weighted by Crippen LogP contribution is -2.53. The lowest BCUT2D eigenvalue weighted by atomic mass is 9.90. The van der Waals surface area contributed by atoms with Crippen molar-refractivity contribution in [1.29, 1.82) is 0 Å². The van der Waals surface area contributed by atoms with Gasteiger partial charge in [0.1, 0.15) is 5.69 Å². The van der Waals surface area contributed by atoms with E-state index in [1.807, 2.05) is 4.90 Å². The van der Waals surface area contributed by atoms with Crippen molar-refractivity contribution >= 4 is 23.1 Å². The molecule has 0 radical (unpaired) electrons. The summed E-state index contributed by atoms with van der Waals surface area (Å²) in [6, 6.07) is 0.136. The Kier molecular flexibility index (Phi) is 3.95. The molecule has 21 heavy (non-hydrogen) atoms. The summed E-state index contributed by atoms with van der Waals surface area (Å²) in [5, 5.41) is 11.4. The topological polar surface area (TPSA) is 81.4 Å². The SMILES string of the molecule is Cc1nc(Cl)nc(N2CCOC3CCCCC32)c1[N+](=O)[O-]. The Morgan fingerprint density at radius 2 is 2.14 bits per heavy atom. The van der Waals surface area contributed by atoms with Crippen LogP contribution < -0.4 is 4.90 Å². The van der Waals surface area contributed by atoms with Crippen LogP contribution in [0.1, 0.15) is 31.4 Å². The van der Waals surface area contributed by atoms with Gasteiger partial charge in [-0.15, -0.1) is 0 Å². The molecule has 1 aliphatic heterocycles. The molecule has 114 valence electrons. The van der Waals surface area contributed by atoms with E-state index in [4.69, 9.17) is 16.3 Å². The zero-order valence-corrected chi connectivity index (χ0v) is 12.5. The van der Waals surface area contributed by atoms with Crippen molar-refractivity contribution < 1.29 is 9.66 Å². The van der Waals surface area contributed by atoms with Gasteiger partial charge in [-0.25, -0.2) is 4.98 Å². The van der Waals surface area contributed by atoms with E-state index in [2.05, 4.69) is 9.97 Å². The number of morpholine rings is 1. The van der Waals surface area contributed by atoms with E-state index in [0.717, 1.165) is 25.7 Å². The van der Waals surface area contributed by atoms with E-state index in [-0.39, 0.29) is 23.1 Å². The molecule has 2 fully saturated rings. The third-order valence-electron chi connectivity index (χ3n) is 4.20. The van der Waals surface area contributed by atoms with Crippen molar-refractivity contribution in [3.8, 4) is 0 Å². The van der Waals surface area contributed by atoms with E-state index in [1.54, 1.807) is 6.92 Å². The summed E-state index contributed by atoms with van der Waals surface area (Å²) in [6.07, 6.45) is 4.32. The zero-order valence-electron chi connectivity index (χ0n) is 11.8. The Balaban J connectivity index is 2.04. The number of nitrogens with zero attached hydrogens (tertiary/aromatic N) is 4. The third kappa shape index (κ3) is 2.67. The number of fused-ring (bicyclic) bond motifs is 1. The van der Waals surface area contributed by atoms with Crippen LogP contribution in [0.2, 0.25) is 5.28 Å². The van der Waals surface area contributed by atoms with Crippen LogP contribution in [0.15, 0.2) is 0 Å². The van der Waals surface area contributed by atoms with Crippen LogP contribution in [-0.4, -0.2) is 40.2 Å². The quantitative estimate of drug-likeness (QED) is 0.474. The van der Waals surface area contributed by atoms with E-state index in [1.165, 1.54) is 0 Å². The van der Waals surface area contributed by atoms with Gasteiger partial charge in [0, 0.05) is 6.54 Å². The number of hydrogen-bond acceptors (Lipinski definition) is 6. The molecule has 0 amide bonds. The number of ether oxygens (including phenoxy) is 1. The number of aryl methyl sites for hydroxylation is 1. The summed E-state index contributed by atoms with van der Waals surface area (Å²) in [6.45, 7) is 2.74. The summed E-state index contributed by atoms with van der Waals surface area (Å²) in [7, 11) is 0. The molecule has 7 nitrogen and oxygen atoms in total. The van der Waals surface area contributed by atoms with Crippen molar-refractivity contribution in [1.82, 2.24) is 9.97 Å². The number of hydrogen-bond donors (Lipinski definition) is 0. The summed E-state index contributed by atoms with van der Waals surface area (Å²) < 4.78 is 5.81. The largest absolute Gasteiger partial charge is 0.374 e. The van der Waals surface area contributed by atoms with Crippen LogP contribution in [0, 0.1) is 17.0 Å². The van der Waals surface area contributed by atoms with Crippen LogP contribution in [0.4, 0.5) is 11.5 Å². The van der Waals surface area contributed by atoms with Crippen LogP contribution in [0.5, 0.6) is 0 Å². The van der Waals surface area contributed by atoms with Crippen molar-refractivity contribution in [2.45, 2.75) is 44.8 Å². The Labute approximate surface area is 127 Å². The maximum atomic E-state index is 11.4. The Hall–Kier alpha value is -1.47. The van der Waals surface area contributed by atoms with Gasteiger partial charge in [0.15, 0.2) is 0 Å². The minimum atomic E-state index is -0.422. The highest BCUT2D eigenvalue weighted by Crippen LogP contribution is 2.36. The third-order valence-corrected chi connectivity index (χ3v) is 4.37. The van der Waals surface area contributed by atoms with Gasteiger partial charge in [-0.3, -0.25) is 10.1 Å². The number of aromatic nitrogens is 2. The fourth-order valence-electron chi connectivity index (χ4n) is 3.29. The fraction of sp³-hybridized carbons (Fsp3) is 0.692. The first-order valence-electron chi connectivity index (χ1n) is 7.14. The second kappa shape index (κ2) is 5.73. The van der Waals surface area contributed by atoms with Crippen LogP contribution >= 0.6 is 11.6 Å². The van der Waals surface area contributed by atoms with Crippen LogP contribution in [0.3, 0.4) is 0 Å². The summed E-state index contributed by atoms with van der Waals surface area (Å²) >= 11 is 5.92. The maximum absolute atomic E-state index is 11.4. The lowest BCUT2D eigenvalue weighted by Gasteiger charge is -2.44. The molecule has 1 aliphatic carbocycles. The predicted octanol–water partition coefficient (Wildman–Crippen LogP) is 2.49. The molecular weight excluding hydrogens is 296 g/mol. The van der Waals surface area contributed by atoms with E-state index < -0.39 is 4.92 Å². The summed E-state index contributed by atoms with van der Waals surface area (Å²) in [4.78, 5) is 21.0. The van der Waals surface area contributed by atoms with Gasteiger partial charge in [0.2, 0.25) is 11.1 Å². The monoisotopic (exact) mass is 312 g/mol. The molecule has 2 aliphatic rings. The van der Waals surface area contributed by atoms with Gasteiger partial charge in [0.25, 0.3) is 0 Å². The Morgan fingerprint density at radius 3 is 2.90 bits per heavy atom. The summed E-state index contributed by atoms with van der Waals surface area (Å²) in [5.74, 6) is 0.331. The first kappa shape index (κ1) is 14.5. The zero-order chi connectivity index (χ0) is 15.0. The summed E-state index contributed by atoms with van der Waals surface area (Å²) in [5.41, 5.74) is 0.250. The minimum absolute atomic E-state index is 0.0481. The molecule has 2 atom stereocenters. The molecule has 8 heteroatoms. The second-order valence-electron chi connectivity index (χ2n) is 5.46. The average Bonchev–Trinajstić information content (AvgIpc) is 2.45. The standard InChI is InChI=1S/C13H17ClN4O3/c1-8-11(18(19)20)12(16-13(14)15-8)17-6-7-21-10-5-3-2-4-9(10)17/h9-10H,2-7H2,1H3.